The van der Waals surface area contributed by atoms with Crippen molar-refractivity contribution in [2.45, 2.75) is 114 Å². The van der Waals surface area contributed by atoms with E-state index in [0.29, 0.717) is 17.5 Å². The number of hydrogen-bond acceptors (Lipinski definition) is 14. The molecule has 14 N–H and O–H groups in total. The second kappa shape index (κ2) is 30.1. The van der Waals surface area contributed by atoms with Gasteiger partial charge in [0.1, 0.15) is 53.8 Å². The Bertz CT molecular complexity index is 2250. The van der Waals surface area contributed by atoms with E-state index < -0.39 is 120 Å². The highest BCUT2D eigenvalue weighted by atomic mass is 32.1. The number of guanidine groups is 1. The molecule has 25 heteroatoms. The Morgan fingerprint density at radius 3 is 1.88 bits per heavy atom. The van der Waals surface area contributed by atoms with E-state index in [1.807, 2.05) is 0 Å². The number of amides is 9. The number of phenols is 1. The largest absolute Gasteiger partial charge is 0.508 e. The van der Waals surface area contributed by atoms with E-state index in [0.717, 1.165) is 0 Å². The smallest absolute Gasteiger partial charge is 0.246 e. The number of nitrogens with two attached hydrogens (primary N) is 3. The van der Waals surface area contributed by atoms with Crippen molar-refractivity contribution < 1.29 is 53.1 Å². The van der Waals surface area contributed by atoms with Gasteiger partial charge in [0, 0.05) is 44.5 Å². The second-order valence-corrected chi connectivity index (χ2v) is 18.4. The normalized spacial score (nSPS) is 15.5. The van der Waals surface area contributed by atoms with Crippen LogP contribution < -0.4 is 54.4 Å². The molecule has 1 aliphatic rings. The van der Waals surface area contributed by atoms with Gasteiger partial charge in [-0.2, -0.15) is 25.3 Å². The van der Waals surface area contributed by atoms with Gasteiger partial charge in [0.25, 0.3) is 0 Å². The maximum absolute atomic E-state index is 14.2. The van der Waals surface area contributed by atoms with E-state index in [4.69, 9.17) is 17.2 Å². The Hall–Kier alpha value is -6.89. The van der Waals surface area contributed by atoms with Gasteiger partial charge in [-0.25, -0.2) is 0 Å². The fourth-order valence-corrected chi connectivity index (χ4v) is 8.07. The van der Waals surface area contributed by atoms with Gasteiger partial charge in [-0.3, -0.25) is 52.9 Å². The Kier molecular flexibility index (Phi) is 24.8. The molecule has 0 unspecified atom stereocenters. The summed E-state index contributed by atoms with van der Waals surface area (Å²) < 4.78 is 0. The van der Waals surface area contributed by atoms with Crippen molar-refractivity contribution in [3.05, 3.63) is 65.7 Å². The quantitative estimate of drug-likeness (QED) is 0.0176. The molecule has 1 heterocycles. The summed E-state index contributed by atoms with van der Waals surface area (Å²) in [5.41, 5.74) is 17.2. The van der Waals surface area contributed by atoms with Crippen LogP contribution in [0.4, 0.5) is 0 Å². The zero-order valence-corrected chi connectivity index (χ0v) is 42.3. The summed E-state index contributed by atoms with van der Waals surface area (Å²) in [7, 11) is 0. The van der Waals surface area contributed by atoms with Crippen molar-refractivity contribution in [3.63, 3.8) is 0 Å². The SMILES string of the molecule is CC(=O)C[C@H](NC(=O)[C@H](Cc1ccccc1)NC(=O)[C@H](Cc1ccc(O)cc1)NC(=O)CCS)C(=O)N[C@H](C(=O)N[C@@H](CS)C(=O)N1CCC[C@H]1C(=O)N[C@H](CCCN=C(N)N)C(=O)NCC(N)=O)C(C)C. The minimum atomic E-state index is -1.55. The maximum atomic E-state index is 14.2. The second-order valence-electron chi connectivity index (χ2n) is 17.5. The van der Waals surface area contributed by atoms with Crippen molar-refractivity contribution in [1.82, 2.24) is 42.1 Å². The van der Waals surface area contributed by atoms with Crippen LogP contribution in [0.1, 0.15) is 70.4 Å². The van der Waals surface area contributed by atoms with Crippen molar-refractivity contribution in [1.29, 1.82) is 0 Å². The first-order chi connectivity index (χ1) is 34.1. The number of primary amides is 1. The molecule has 0 aromatic heterocycles. The molecule has 3 rings (SSSR count). The molecule has 72 heavy (non-hydrogen) atoms. The lowest BCUT2D eigenvalue weighted by Gasteiger charge is -2.31. The first-order valence-electron chi connectivity index (χ1n) is 23.4. The predicted molar refractivity (Wildman–Crippen MR) is 273 cm³/mol. The Labute approximate surface area is 428 Å². The number of likely N-dealkylation sites (tertiary alicyclic amines) is 1. The van der Waals surface area contributed by atoms with Gasteiger partial charge < -0.3 is 64.4 Å². The van der Waals surface area contributed by atoms with Crippen molar-refractivity contribution >= 4 is 90.2 Å². The zero-order valence-electron chi connectivity index (χ0n) is 40.6. The molecular weight excluding hydrogens is 973 g/mol. The number of benzene rings is 2. The van der Waals surface area contributed by atoms with Crippen LogP contribution in [0.5, 0.6) is 5.75 Å². The van der Waals surface area contributed by atoms with Crippen molar-refractivity contribution in [2.24, 2.45) is 28.1 Å². The van der Waals surface area contributed by atoms with Crippen LogP contribution in [0.25, 0.3) is 0 Å². The third-order valence-electron chi connectivity index (χ3n) is 11.3. The van der Waals surface area contributed by atoms with Crippen molar-refractivity contribution in [2.75, 3.05) is 31.1 Å². The standard InChI is InChI=1S/C47H68N12O11S2/c1-26(2)39(45(69)57-35(25-72)46(70)59-19-8-12-36(59)44(68)54-31(11-7-18-51-47(49)50)40(64)52-24-37(48)62)58-43(67)32(21-27(3)60)55-42(66)34(22-28-9-5-4-6-10-28)56-41(65)33(53-38(63)17-20-71)23-29-13-15-30(61)16-14-29/h4-6,9-10,13-16,26,31-36,39,61,71-72H,7-8,11-12,17-25H2,1-3H3,(H2,48,62)(H,52,64)(H,53,63)(H,54,68)(H,55,66)(H,56,65)(H,57,69)(H,58,67)(H4,49,50,51)/t31-,32+,33+,34+,35+,36+,39+/m1/s1. The average Bonchev–Trinajstić information content (AvgIpc) is 3.83. The number of thiol groups is 2. The van der Waals surface area contributed by atoms with Crippen LogP contribution in [0.2, 0.25) is 0 Å². The van der Waals surface area contributed by atoms with Gasteiger partial charge >= 0.3 is 0 Å². The number of rotatable bonds is 29. The molecule has 23 nitrogen and oxygen atoms in total. The minimum Gasteiger partial charge on any atom is -0.508 e. The van der Waals surface area contributed by atoms with Gasteiger partial charge in [0.05, 0.1) is 6.54 Å². The number of carbonyl (C=O) groups excluding carboxylic acids is 10. The molecule has 7 atom stereocenters. The number of Topliss-reactive ketones (excluding diaryl/α,β-unsaturated/α-hetero) is 1. The number of carbonyl (C=O) groups is 10. The number of aromatic hydroxyl groups is 1. The number of phenolic OH excluding ortho intramolecular Hbond substituents is 1. The molecule has 0 radical (unpaired) electrons. The maximum Gasteiger partial charge on any atom is 0.246 e. The lowest BCUT2D eigenvalue weighted by molar-refractivity contribution is -0.142. The van der Waals surface area contributed by atoms with Gasteiger partial charge in [0.15, 0.2) is 5.96 Å². The molecule has 1 saturated heterocycles. The van der Waals surface area contributed by atoms with Gasteiger partial charge in [-0.15, -0.1) is 0 Å². The fraction of sp³-hybridized carbons (Fsp3) is 0.511. The van der Waals surface area contributed by atoms with Crippen LogP contribution in [-0.4, -0.2) is 148 Å². The Balaban J connectivity index is 1.81. The monoisotopic (exact) mass is 1040 g/mol. The first-order valence-corrected chi connectivity index (χ1v) is 24.7. The number of nitrogens with one attached hydrogen (secondary N) is 7. The predicted octanol–water partition coefficient (Wildman–Crippen LogP) is -2.38. The van der Waals surface area contributed by atoms with E-state index in [1.165, 1.54) is 24.0 Å². The molecule has 0 spiro atoms. The molecule has 0 aliphatic carbocycles. The van der Waals surface area contributed by atoms with E-state index in [1.54, 1.807) is 56.3 Å². The number of aliphatic imine (C=N–C) groups is 1. The molecule has 1 fully saturated rings. The van der Waals surface area contributed by atoms with Crippen LogP contribution >= 0.6 is 25.3 Å². The summed E-state index contributed by atoms with van der Waals surface area (Å²) in [6.07, 6.45) is 0.327. The topological polar surface area (TPSA) is 369 Å². The molecule has 1 aliphatic heterocycles. The Morgan fingerprint density at radius 2 is 1.31 bits per heavy atom. The average molecular weight is 1040 g/mol. The first kappa shape index (κ1) is 59.4. The molecular formula is C47H68N12O11S2. The van der Waals surface area contributed by atoms with Crippen molar-refractivity contribution in [3.8, 4) is 5.75 Å². The van der Waals surface area contributed by atoms with Crippen LogP contribution in [0.15, 0.2) is 59.6 Å². The van der Waals surface area contributed by atoms with Crippen LogP contribution in [-0.2, 0) is 60.8 Å². The summed E-state index contributed by atoms with van der Waals surface area (Å²) >= 11 is 8.42. The number of nitrogens with zero attached hydrogens (tertiary/aromatic N) is 2. The highest BCUT2D eigenvalue weighted by Gasteiger charge is 2.40. The third-order valence-corrected chi connectivity index (χ3v) is 11.9. The summed E-state index contributed by atoms with van der Waals surface area (Å²) in [6.45, 7) is 4.20. The number of ketones is 1. The summed E-state index contributed by atoms with van der Waals surface area (Å²) in [5, 5.41) is 27.9. The number of hydrogen-bond donors (Lipinski definition) is 13. The van der Waals surface area contributed by atoms with E-state index in [9.17, 15) is 53.1 Å². The molecule has 9 amide bonds. The lowest BCUT2D eigenvalue weighted by atomic mass is 10.0. The molecule has 394 valence electrons. The van der Waals surface area contributed by atoms with Gasteiger partial charge in [-0.05, 0) is 67.5 Å². The van der Waals surface area contributed by atoms with Crippen LogP contribution in [0.3, 0.4) is 0 Å². The van der Waals surface area contributed by atoms with Crippen LogP contribution in [0, 0.1) is 5.92 Å². The minimum absolute atomic E-state index is 0.00663. The van der Waals surface area contributed by atoms with Gasteiger partial charge in [-0.1, -0.05) is 56.3 Å². The summed E-state index contributed by atoms with van der Waals surface area (Å²) in [6, 6.07) is 5.69. The van der Waals surface area contributed by atoms with E-state index in [2.05, 4.69) is 67.5 Å². The fourth-order valence-electron chi connectivity index (χ4n) is 7.62. The highest BCUT2D eigenvalue weighted by molar-refractivity contribution is 7.80. The molecule has 0 saturated carbocycles. The third kappa shape index (κ3) is 20.1. The Morgan fingerprint density at radius 1 is 0.722 bits per heavy atom. The lowest BCUT2D eigenvalue weighted by Crippen LogP contribution is -2.61. The summed E-state index contributed by atoms with van der Waals surface area (Å²) in [4.78, 5) is 139. The van der Waals surface area contributed by atoms with E-state index in [-0.39, 0.29) is 74.8 Å². The molecule has 2 aromatic carbocycles. The summed E-state index contributed by atoms with van der Waals surface area (Å²) in [5.74, 6) is -8.03. The van der Waals surface area contributed by atoms with E-state index >= 15 is 0 Å². The highest BCUT2D eigenvalue weighted by Crippen LogP contribution is 2.20. The molecule has 0 bridgehead atoms. The van der Waals surface area contributed by atoms with Gasteiger partial charge in [0.2, 0.25) is 53.2 Å². The molecule has 2 aromatic rings. The zero-order chi connectivity index (χ0) is 53.5.